The van der Waals surface area contributed by atoms with Crippen LogP contribution in [0, 0.1) is 0 Å². The van der Waals surface area contributed by atoms with E-state index in [1.165, 1.54) is 0 Å². The van der Waals surface area contributed by atoms with Gasteiger partial charge in [0.1, 0.15) is 24.4 Å². The molecule has 1 aliphatic heterocycles. The second kappa shape index (κ2) is 6.81. The summed E-state index contributed by atoms with van der Waals surface area (Å²) >= 11 is 0. The van der Waals surface area contributed by atoms with Gasteiger partial charge in [-0.25, -0.2) is 9.18 Å². The van der Waals surface area contributed by atoms with Crippen LogP contribution in [0.2, 0.25) is 0 Å². The van der Waals surface area contributed by atoms with Crippen LogP contribution in [0.1, 0.15) is 6.92 Å². The van der Waals surface area contributed by atoms with Gasteiger partial charge in [0.05, 0.1) is 12.6 Å². The maximum absolute atomic E-state index is 13.9. The molecule has 0 radical (unpaired) electrons. The molecule has 2 unspecified atom stereocenters. The third-order valence-corrected chi connectivity index (χ3v) is 3.31. The van der Waals surface area contributed by atoms with Crippen LogP contribution in [-0.2, 0) is 14.3 Å². The molecule has 1 heterocycles. The number of hydrogen-bond donors (Lipinski definition) is 7. The second-order valence-corrected chi connectivity index (χ2v) is 4.94. The zero-order chi connectivity index (χ0) is 17.2. The lowest BCUT2D eigenvalue weighted by atomic mass is 9.87. The van der Waals surface area contributed by atoms with Crippen LogP contribution in [0.3, 0.4) is 0 Å². The lowest BCUT2D eigenvalue weighted by Gasteiger charge is -2.46. The first-order valence-electron chi connectivity index (χ1n) is 6.26. The minimum Gasteiger partial charge on any atom is -0.477 e. The number of aliphatic carboxylic acids is 1. The quantitative estimate of drug-likeness (QED) is 0.266. The predicted octanol–water partition coefficient (Wildman–Crippen LogP) is -3.92. The minimum atomic E-state index is -3.49. The standard InChI is InChI=1S/C11H18FNO9/c1-3(15)13-5-7(18)9(12)11(21,10(19)20)22-8(5)6(17)4(16)2-14/h4-9,14,16-18,21H,2H2,1H3,(H,13,15)(H,19,20)/t4-,5-,6?,7-,8-,9?,11-/m1/s1. The molecule has 22 heavy (non-hydrogen) atoms. The number of hydrogen-bond acceptors (Lipinski definition) is 8. The fourth-order valence-corrected chi connectivity index (χ4v) is 2.13. The lowest BCUT2D eigenvalue weighted by Crippen LogP contribution is -2.72. The fraction of sp³-hybridized carbons (Fsp3) is 0.818. The number of rotatable bonds is 5. The molecule has 0 aromatic heterocycles. The van der Waals surface area contributed by atoms with Crippen LogP contribution in [-0.4, -0.2) is 91.5 Å². The number of nitrogens with one attached hydrogen (secondary N) is 1. The van der Waals surface area contributed by atoms with E-state index in [1.807, 2.05) is 5.32 Å². The molecule has 1 amide bonds. The largest absolute Gasteiger partial charge is 0.477 e. The monoisotopic (exact) mass is 327 g/mol. The second-order valence-electron chi connectivity index (χ2n) is 4.94. The molecule has 10 nitrogen and oxygen atoms in total. The Labute approximate surface area is 123 Å². The van der Waals surface area contributed by atoms with Gasteiger partial charge in [-0.2, -0.15) is 0 Å². The Bertz CT molecular complexity index is 436. The average Bonchev–Trinajstić information content (AvgIpc) is 2.45. The molecule has 0 aliphatic carbocycles. The van der Waals surface area contributed by atoms with E-state index in [9.17, 15) is 34.4 Å². The zero-order valence-electron chi connectivity index (χ0n) is 11.5. The molecule has 1 fully saturated rings. The summed E-state index contributed by atoms with van der Waals surface area (Å²) in [7, 11) is 0. The topological polar surface area (TPSA) is 177 Å². The normalized spacial score (nSPS) is 38.1. The highest BCUT2D eigenvalue weighted by atomic mass is 19.1. The van der Waals surface area contributed by atoms with Crippen molar-refractivity contribution in [3.05, 3.63) is 0 Å². The average molecular weight is 327 g/mol. The van der Waals surface area contributed by atoms with Crippen LogP contribution in [0.25, 0.3) is 0 Å². The molecule has 0 aromatic rings. The number of aliphatic hydroxyl groups is 5. The molecule has 0 bridgehead atoms. The summed E-state index contributed by atoms with van der Waals surface area (Å²) in [5, 5.41) is 58.4. The number of aliphatic hydroxyl groups excluding tert-OH is 4. The van der Waals surface area contributed by atoms with Crippen LogP contribution in [0.4, 0.5) is 4.39 Å². The van der Waals surface area contributed by atoms with Crippen molar-refractivity contribution in [2.24, 2.45) is 0 Å². The van der Waals surface area contributed by atoms with Gasteiger partial charge >= 0.3 is 11.8 Å². The molecule has 1 aliphatic rings. The molecule has 0 aromatic carbocycles. The Morgan fingerprint density at radius 3 is 2.36 bits per heavy atom. The summed E-state index contributed by atoms with van der Waals surface area (Å²) in [4.78, 5) is 22.1. The fourth-order valence-electron chi connectivity index (χ4n) is 2.13. The number of halogens is 1. The Morgan fingerprint density at radius 2 is 1.95 bits per heavy atom. The van der Waals surface area contributed by atoms with Gasteiger partial charge < -0.3 is 40.7 Å². The maximum Gasteiger partial charge on any atom is 0.367 e. The predicted molar refractivity (Wildman–Crippen MR) is 65.1 cm³/mol. The van der Waals surface area contributed by atoms with Crippen LogP contribution < -0.4 is 5.32 Å². The van der Waals surface area contributed by atoms with Crippen molar-refractivity contribution in [3.63, 3.8) is 0 Å². The molecule has 1 saturated heterocycles. The van der Waals surface area contributed by atoms with E-state index in [2.05, 4.69) is 4.74 Å². The molecule has 7 atom stereocenters. The number of carbonyl (C=O) groups is 2. The first-order valence-corrected chi connectivity index (χ1v) is 6.26. The van der Waals surface area contributed by atoms with E-state index in [0.29, 0.717) is 0 Å². The summed E-state index contributed by atoms with van der Waals surface area (Å²) in [6, 6.07) is -1.66. The van der Waals surface area contributed by atoms with Crippen molar-refractivity contribution in [1.82, 2.24) is 5.32 Å². The molecular formula is C11H18FNO9. The van der Waals surface area contributed by atoms with Crippen molar-refractivity contribution >= 4 is 11.9 Å². The van der Waals surface area contributed by atoms with E-state index in [0.717, 1.165) is 6.92 Å². The molecule has 7 N–H and O–H groups in total. The van der Waals surface area contributed by atoms with Gasteiger partial charge in [0.15, 0.2) is 6.17 Å². The molecule has 11 heteroatoms. The van der Waals surface area contributed by atoms with Gasteiger partial charge in [0.25, 0.3) is 0 Å². The van der Waals surface area contributed by atoms with Gasteiger partial charge in [0.2, 0.25) is 5.91 Å². The van der Waals surface area contributed by atoms with E-state index in [1.54, 1.807) is 0 Å². The van der Waals surface area contributed by atoms with Crippen LogP contribution >= 0.6 is 0 Å². The highest BCUT2D eigenvalue weighted by molar-refractivity contribution is 5.77. The number of carbonyl (C=O) groups excluding carboxylic acids is 1. The van der Waals surface area contributed by atoms with E-state index >= 15 is 0 Å². The van der Waals surface area contributed by atoms with Crippen molar-refractivity contribution in [2.75, 3.05) is 6.61 Å². The number of amides is 1. The molecule has 1 rings (SSSR count). The van der Waals surface area contributed by atoms with E-state index in [4.69, 9.17) is 10.2 Å². The Hall–Kier alpha value is -1.37. The van der Waals surface area contributed by atoms with Gasteiger partial charge in [-0.15, -0.1) is 0 Å². The SMILES string of the molecule is CC(=O)N[C@@H]1[C@@H](O)C(F)[C@](O)(C(=O)O)O[C@H]1C(O)[C@H](O)CO. The summed E-state index contributed by atoms with van der Waals surface area (Å²) in [6.45, 7) is 0.0400. The molecule has 0 spiro atoms. The first-order chi connectivity index (χ1) is 10.1. The number of carboxylic acid groups (broad SMARTS) is 1. The lowest BCUT2D eigenvalue weighted by molar-refractivity contribution is -0.320. The van der Waals surface area contributed by atoms with Gasteiger partial charge in [-0.3, -0.25) is 4.79 Å². The third kappa shape index (κ3) is 3.34. The highest BCUT2D eigenvalue weighted by Crippen LogP contribution is 2.32. The van der Waals surface area contributed by atoms with Gasteiger partial charge in [-0.05, 0) is 0 Å². The zero-order valence-corrected chi connectivity index (χ0v) is 11.5. The van der Waals surface area contributed by atoms with Crippen LogP contribution in [0.15, 0.2) is 0 Å². The Morgan fingerprint density at radius 1 is 1.41 bits per heavy atom. The smallest absolute Gasteiger partial charge is 0.367 e. The van der Waals surface area contributed by atoms with Crippen molar-refractivity contribution in [1.29, 1.82) is 0 Å². The summed E-state index contributed by atoms with van der Waals surface area (Å²) in [5.41, 5.74) is 0. The number of alkyl halides is 1. The summed E-state index contributed by atoms with van der Waals surface area (Å²) < 4.78 is 18.5. The summed E-state index contributed by atoms with van der Waals surface area (Å²) in [5.74, 6) is -6.43. The van der Waals surface area contributed by atoms with Gasteiger partial charge in [0, 0.05) is 6.92 Å². The molecule has 0 saturated carbocycles. The van der Waals surface area contributed by atoms with Crippen molar-refractivity contribution in [2.45, 2.75) is 49.3 Å². The third-order valence-electron chi connectivity index (χ3n) is 3.31. The Balaban J connectivity index is 3.19. The number of ether oxygens (including phenoxy) is 1. The Kier molecular flexibility index (Phi) is 5.78. The van der Waals surface area contributed by atoms with E-state index in [-0.39, 0.29) is 0 Å². The first kappa shape index (κ1) is 18.7. The molecular weight excluding hydrogens is 309 g/mol. The van der Waals surface area contributed by atoms with E-state index < -0.39 is 60.9 Å². The van der Waals surface area contributed by atoms with Gasteiger partial charge in [-0.1, -0.05) is 0 Å². The van der Waals surface area contributed by atoms with Crippen molar-refractivity contribution < 1.29 is 49.4 Å². The molecule has 128 valence electrons. The highest BCUT2D eigenvalue weighted by Gasteiger charge is 2.61. The van der Waals surface area contributed by atoms with Crippen molar-refractivity contribution in [3.8, 4) is 0 Å². The summed E-state index contributed by atoms with van der Waals surface area (Å²) in [6.07, 6.45) is -10.8. The number of carboxylic acids is 1. The minimum absolute atomic E-state index is 0.767. The van der Waals surface area contributed by atoms with Crippen LogP contribution in [0.5, 0.6) is 0 Å². The maximum atomic E-state index is 13.9.